The summed E-state index contributed by atoms with van der Waals surface area (Å²) in [5.41, 5.74) is 1.63. The van der Waals surface area contributed by atoms with Crippen molar-refractivity contribution in [3.8, 4) is 0 Å². The Hall–Kier alpha value is -2.01. The quantitative estimate of drug-likeness (QED) is 0.329. The Morgan fingerprint density at radius 1 is 1.53 bits per heavy atom. The molecule has 0 heterocycles. The highest BCUT2D eigenvalue weighted by Crippen LogP contribution is 2.17. The third kappa shape index (κ3) is 4.16. The lowest BCUT2D eigenvalue weighted by molar-refractivity contribution is -0.385. The summed E-state index contributed by atoms with van der Waals surface area (Å²) in [4.78, 5) is 20.7. The van der Waals surface area contributed by atoms with Crippen LogP contribution in [-0.2, 0) is 11.3 Å². The molecule has 5 heteroatoms. The number of rotatable bonds is 6. The number of nitro benzene ring substituents is 1. The van der Waals surface area contributed by atoms with E-state index >= 15 is 0 Å². The lowest BCUT2D eigenvalue weighted by atomic mass is 10.1. The smallest absolute Gasteiger partial charge is 0.270 e. The summed E-state index contributed by atoms with van der Waals surface area (Å²) in [5, 5.41) is 10.6. The molecule has 0 N–H and O–H groups in total. The van der Waals surface area contributed by atoms with Crippen LogP contribution in [0.15, 0.2) is 30.4 Å². The predicted octanol–water partition coefficient (Wildman–Crippen LogP) is 2.50. The monoisotopic (exact) mass is 235 g/mol. The van der Waals surface area contributed by atoms with Crippen LogP contribution in [-0.4, -0.2) is 17.8 Å². The summed E-state index contributed by atoms with van der Waals surface area (Å²) in [5.74, 6) is 0. The maximum absolute atomic E-state index is 10.6. The Morgan fingerprint density at radius 2 is 2.24 bits per heavy atom. The summed E-state index contributed by atoms with van der Waals surface area (Å²) in [6.07, 6.45) is 0.579. The molecular weight excluding hydrogens is 222 g/mol. The minimum Gasteiger partial charge on any atom is -0.372 e. The zero-order valence-electron chi connectivity index (χ0n) is 9.51. The number of non-ortho nitro benzene ring substituents is 1. The van der Waals surface area contributed by atoms with Gasteiger partial charge in [0, 0.05) is 17.7 Å². The van der Waals surface area contributed by atoms with Crippen LogP contribution in [0.25, 0.3) is 0 Å². The number of nitro groups is 1. The number of ether oxygens (including phenoxy) is 1. The molecule has 0 bridgehead atoms. The van der Waals surface area contributed by atoms with Gasteiger partial charge in [0.1, 0.15) is 6.29 Å². The van der Waals surface area contributed by atoms with E-state index < -0.39 is 4.92 Å². The molecule has 0 aliphatic carbocycles. The fourth-order valence-corrected chi connectivity index (χ4v) is 1.30. The van der Waals surface area contributed by atoms with E-state index in [0.717, 1.165) is 5.57 Å². The van der Waals surface area contributed by atoms with E-state index in [1.165, 1.54) is 12.1 Å². The summed E-state index contributed by atoms with van der Waals surface area (Å²) < 4.78 is 5.28. The molecule has 0 atom stereocenters. The molecule has 0 fully saturated rings. The average Bonchev–Trinajstić information content (AvgIpc) is 2.28. The van der Waals surface area contributed by atoms with E-state index in [9.17, 15) is 14.9 Å². The zero-order valence-corrected chi connectivity index (χ0v) is 9.51. The van der Waals surface area contributed by atoms with Gasteiger partial charge in [0.25, 0.3) is 5.69 Å². The van der Waals surface area contributed by atoms with Gasteiger partial charge in [0.15, 0.2) is 0 Å². The van der Waals surface area contributed by atoms with Gasteiger partial charge >= 0.3 is 0 Å². The lowest BCUT2D eigenvalue weighted by Gasteiger charge is -2.04. The van der Waals surface area contributed by atoms with E-state index in [2.05, 4.69) is 6.58 Å². The second-order valence-corrected chi connectivity index (χ2v) is 3.76. The summed E-state index contributed by atoms with van der Waals surface area (Å²) in [6.45, 7) is 6.11. The highest BCUT2D eigenvalue weighted by molar-refractivity contribution is 5.76. The molecule has 0 aliphatic rings. The molecule has 0 saturated carbocycles. The standard InChI is InChI=1S/C12H13NO4/c1-9(2)7-17-8-11-3-10(6-14)4-12(5-11)13(15)16/h3-6H,1,7-8H2,2H3. The van der Waals surface area contributed by atoms with Gasteiger partial charge in [-0.15, -0.1) is 0 Å². The minimum absolute atomic E-state index is 0.108. The van der Waals surface area contributed by atoms with Gasteiger partial charge in [-0.3, -0.25) is 14.9 Å². The van der Waals surface area contributed by atoms with Crippen molar-refractivity contribution in [2.24, 2.45) is 0 Å². The third-order valence-electron chi connectivity index (χ3n) is 1.96. The molecule has 0 unspecified atom stereocenters. The topological polar surface area (TPSA) is 69.4 Å². The van der Waals surface area contributed by atoms with Gasteiger partial charge in [-0.05, 0) is 18.6 Å². The molecule has 1 aromatic carbocycles. The highest BCUT2D eigenvalue weighted by atomic mass is 16.6. The summed E-state index contributed by atoms with van der Waals surface area (Å²) in [7, 11) is 0. The predicted molar refractivity (Wildman–Crippen MR) is 63.0 cm³/mol. The van der Waals surface area contributed by atoms with Crippen LogP contribution >= 0.6 is 0 Å². The molecular formula is C12H13NO4. The van der Waals surface area contributed by atoms with E-state index in [0.29, 0.717) is 18.5 Å². The number of carbonyl (C=O) groups is 1. The Morgan fingerprint density at radius 3 is 2.76 bits per heavy atom. The Bertz CT molecular complexity index is 454. The molecule has 5 nitrogen and oxygen atoms in total. The normalized spacial score (nSPS) is 9.94. The Balaban J connectivity index is 2.83. The first-order valence-electron chi connectivity index (χ1n) is 4.98. The molecule has 0 spiro atoms. The fourth-order valence-electron chi connectivity index (χ4n) is 1.30. The molecule has 0 aromatic heterocycles. The van der Waals surface area contributed by atoms with Crippen LogP contribution in [0.2, 0.25) is 0 Å². The van der Waals surface area contributed by atoms with Crippen LogP contribution in [0.4, 0.5) is 5.69 Å². The second-order valence-electron chi connectivity index (χ2n) is 3.76. The van der Waals surface area contributed by atoms with Crippen molar-refractivity contribution in [2.75, 3.05) is 6.61 Å². The summed E-state index contributed by atoms with van der Waals surface area (Å²) in [6, 6.07) is 4.19. The molecule has 1 rings (SSSR count). The zero-order chi connectivity index (χ0) is 12.8. The van der Waals surface area contributed by atoms with Crippen molar-refractivity contribution in [3.63, 3.8) is 0 Å². The molecule has 0 radical (unpaired) electrons. The van der Waals surface area contributed by atoms with E-state index in [1.807, 2.05) is 6.92 Å². The third-order valence-corrected chi connectivity index (χ3v) is 1.96. The van der Waals surface area contributed by atoms with Crippen LogP contribution in [0.1, 0.15) is 22.8 Å². The van der Waals surface area contributed by atoms with Gasteiger partial charge in [0.2, 0.25) is 0 Å². The number of benzene rings is 1. The lowest BCUT2D eigenvalue weighted by Crippen LogP contribution is -1.98. The number of nitrogens with zero attached hydrogens (tertiary/aromatic N) is 1. The Labute approximate surface area is 98.9 Å². The van der Waals surface area contributed by atoms with Gasteiger partial charge in [-0.1, -0.05) is 12.2 Å². The van der Waals surface area contributed by atoms with Crippen molar-refractivity contribution in [3.05, 3.63) is 51.6 Å². The van der Waals surface area contributed by atoms with Crippen LogP contribution < -0.4 is 0 Å². The molecule has 0 saturated heterocycles. The maximum atomic E-state index is 10.6. The first-order valence-corrected chi connectivity index (χ1v) is 4.98. The summed E-state index contributed by atoms with van der Waals surface area (Å²) >= 11 is 0. The van der Waals surface area contributed by atoms with E-state index in [-0.39, 0.29) is 17.9 Å². The molecule has 0 aliphatic heterocycles. The number of hydrogen-bond donors (Lipinski definition) is 0. The number of hydrogen-bond acceptors (Lipinski definition) is 4. The molecule has 1 aromatic rings. The fraction of sp³-hybridized carbons (Fsp3) is 0.250. The minimum atomic E-state index is -0.532. The number of aldehydes is 1. The van der Waals surface area contributed by atoms with Gasteiger partial charge in [-0.25, -0.2) is 0 Å². The van der Waals surface area contributed by atoms with Crippen molar-refractivity contribution in [2.45, 2.75) is 13.5 Å². The second kappa shape index (κ2) is 5.91. The van der Waals surface area contributed by atoms with Crippen molar-refractivity contribution < 1.29 is 14.5 Å². The molecule has 0 amide bonds. The van der Waals surface area contributed by atoms with Gasteiger partial charge in [-0.2, -0.15) is 0 Å². The number of carbonyl (C=O) groups excluding carboxylic acids is 1. The maximum Gasteiger partial charge on any atom is 0.270 e. The molecule has 17 heavy (non-hydrogen) atoms. The van der Waals surface area contributed by atoms with Crippen molar-refractivity contribution in [1.29, 1.82) is 0 Å². The highest BCUT2D eigenvalue weighted by Gasteiger charge is 2.09. The first kappa shape index (κ1) is 13.1. The van der Waals surface area contributed by atoms with Crippen LogP contribution in [0.3, 0.4) is 0 Å². The van der Waals surface area contributed by atoms with Crippen LogP contribution in [0.5, 0.6) is 0 Å². The Kier molecular flexibility index (Phi) is 4.54. The SMILES string of the molecule is C=C(C)COCc1cc(C=O)cc([N+](=O)[O-])c1. The first-order chi connectivity index (χ1) is 8.02. The van der Waals surface area contributed by atoms with Gasteiger partial charge in [0.05, 0.1) is 18.1 Å². The van der Waals surface area contributed by atoms with Crippen molar-refractivity contribution >= 4 is 12.0 Å². The van der Waals surface area contributed by atoms with Crippen molar-refractivity contribution in [1.82, 2.24) is 0 Å². The van der Waals surface area contributed by atoms with E-state index in [4.69, 9.17) is 4.74 Å². The molecule has 90 valence electrons. The van der Waals surface area contributed by atoms with Crippen LogP contribution in [0, 0.1) is 10.1 Å². The van der Waals surface area contributed by atoms with E-state index in [1.54, 1.807) is 6.07 Å². The largest absolute Gasteiger partial charge is 0.372 e. The average molecular weight is 235 g/mol. The van der Waals surface area contributed by atoms with Gasteiger partial charge < -0.3 is 4.74 Å².